The van der Waals surface area contributed by atoms with E-state index in [1.807, 2.05) is 0 Å². The van der Waals surface area contributed by atoms with Crippen molar-refractivity contribution in [2.75, 3.05) is 0 Å². The first kappa shape index (κ1) is 13.3. The lowest BCUT2D eigenvalue weighted by molar-refractivity contribution is 0.0517. The second-order valence-corrected chi connectivity index (χ2v) is 4.52. The van der Waals surface area contributed by atoms with Gasteiger partial charge in [-0.3, -0.25) is 5.73 Å². The molecule has 1 rings (SSSR count). The summed E-state index contributed by atoms with van der Waals surface area (Å²) in [6, 6.07) is 0. The predicted molar refractivity (Wildman–Crippen MR) is 60.5 cm³/mol. The minimum atomic E-state index is -0.861. The summed E-state index contributed by atoms with van der Waals surface area (Å²) in [4.78, 5) is 10.4. The molecule has 5 heteroatoms. The Hall–Kier alpha value is -0.810. The van der Waals surface area contributed by atoms with Crippen molar-refractivity contribution in [2.45, 2.75) is 57.3 Å². The summed E-state index contributed by atoms with van der Waals surface area (Å²) in [5, 5.41) is 9.93. The summed E-state index contributed by atoms with van der Waals surface area (Å²) in [6.45, 7) is 0. The maximum absolute atomic E-state index is 10.4. The summed E-state index contributed by atoms with van der Waals surface area (Å²) in [5.41, 5.74) is 10.4. The van der Waals surface area contributed by atoms with Gasteiger partial charge in [-0.2, -0.15) is 0 Å². The predicted octanol–water partition coefficient (Wildman–Crippen LogP) is 1.09. The highest BCUT2D eigenvalue weighted by atomic mass is 16.6. The number of hydrogen-bond donors (Lipinski definition) is 3. The van der Waals surface area contributed by atoms with Gasteiger partial charge < -0.3 is 15.6 Å². The Kier molecular flexibility index (Phi) is 5.55. The third-order valence-corrected chi connectivity index (χ3v) is 3.21. The monoisotopic (exact) mass is 230 g/mol. The van der Waals surface area contributed by atoms with Gasteiger partial charge >= 0.3 is 6.09 Å². The first-order chi connectivity index (χ1) is 7.59. The van der Waals surface area contributed by atoms with E-state index in [-0.39, 0.29) is 6.10 Å². The second-order valence-electron chi connectivity index (χ2n) is 4.52. The Bertz CT molecular complexity index is 217. The van der Waals surface area contributed by atoms with E-state index in [1.165, 1.54) is 19.3 Å². The molecule has 0 heterocycles. The summed E-state index contributed by atoms with van der Waals surface area (Å²) in [7, 11) is 0. The van der Waals surface area contributed by atoms with Crippen LogP contribution in [0, 0.1) is 5.92 Å². The SMILES string of the molecule is NC(=O)OC(N)CCC(O)C1CCCCC1. The van der Waals surface area contributed by atoms with E-state index in [9.17, 15) is 9.90 Å². The molecule has 1 aliphatic carbocycles. The van der Waals surface area contributed by atoms with Crippen molar-refractivity contribution in [2.24, 2.45) is 17.4 Å². The Morgan fingerprint density at radius 1 is 1.31 bits per heavy atom. The van der Waals surface area contributed by atoms with Gasteiger partial charge in [0.05, 0.1) is 6.10 Å². The standard InChI is InChI=1S/C11H22N2O3/c12-10(16-11(13)15)7-6-9(14)8-4-2-1-3-5-8/h8-10,14H,1-7,12H2,(H2,13,15). The quantitative estimate of drug-likeness (QED) is 0.615. The van der Waals surface area contributed by atoms with Crippen molar-refractivity contribution in [3.63, 3.8) is 0 Å². The lowest BCUT2D eigenvalue weighted by Gasteiger charge is -2.27. The fraction of sp³-hybridized carbons (Fsp3) is 0.909. The van der Waals surface area contributed by atoms with Crippen LogP contribution in [0.2, 0.25) is 0 Å². The number of aliphatic hydroxyl groups excluding tert-OH is 1. The molecule has 0 aromatic rings. The summed E-state index contributed by atoms with van der Waals surface area (Å²) < 4.78 is 4.59. The molecule has 16 heavy (non-hydrogen) atoms. The number of primary amides is 1. The van der Waals surface area contributed by atoms with Crippen LogP contribution in [0.25, 0.3) is 0 Å². The molecule has 5 nitrogen and oxygen atoms in total. The molecule has 1 aliphatic rings. The molecule has 0 saturated heterocycles. The van der Waals surface area contributed by atoms with Gasteiger partial charge in [0.1, 0.15) is 0 Å². The van der Waals surface area contributed by atoms with Crippen LogP contribution in [-0.2, 0) is 4.74 Å². The number of carbonyl (C=O) groups excluding carboxylic acids is 1. The lowest BCUT2D eigenvalue weighted by atomic mass is 9.84. The van der Waals surface area contributed by atoms with Gasteiger partial charge in [-0.25, -0.2) is 4.79 Å². The van der Waals surface area contributed by atoms with E-state index in [1.54, 1.807) is 0 Å². The van der Waals surface area contributed by atoms with Gasteiger partial charge in [0, 0.05) is 6.42 Å². The average Bonchev–Trinajstić information content (AvgIpc) is 2.26. The minimum Gasteiger partial charge on any atom is -0.431 e. The number of aliphatic hydroxyl groups is 1. The zero-order valence-corrected chi connectivity index (χ0v) is 9.60. The maximum Gasteiger partial charge on any atom is 0.406 e. The van der Waals surface area contributed by atoms with E-state index in [4.69, 9.17) is 11.5 Å². The normalized spacial score (nSPS) is 21.4. The number of nitrogens with two attached hydrogens (primary N) is 2. The lowest BCUT2D eigenvalue weighted by Crippen LogP contribution is -2.32. The molecule has 1 saturated carbocycles. The van der Waals surface area contributed by atoms with Crippen molar-refractivity contribution < 1.29 is 14.6 Å². The molecular formula is C11H22N2O3. The highest BCUT2D eigenvalue weighted by molar-refractivity contribution is 5.64. The highest BCUT2D eigenvalue weighted by Gasteiger charge is 2.22. The third kappa shape index (κ3) is 4.81. The Morgan fingerprint density at radius 2 is 1.94 bits per heavy atom. The third-order valence-electron chi connectivity index (χ3n) is 3.21. The van der Waals surface area contributed by atoms with Crippen molar-refractivity contribution in [3.8, 4) is 0 Å². The second kappa shape index (κ2) is 6.70. The van der Waals surface area contributed by atoms with Crippen LogP contribution < -0.4 is 11.5 Å². The molecule has 0 spiro atoms. The van der Waals surface area contributed by atoms with Gasteiger partial charge in [0.2, 0.25) is 0 Å². The number of carbonyl (C=O) groups is 1. The number of rotatable bonds is 5. The summed E-state index contributed by atoms with van der Waals surface area (Å²) >= 11 is 0. The first-order valence-electron chi connectivity index (χ1n) is 5.99. The van der Waals surface area contributed by atoms with Crippen molar-refractivity contribution >= 4 is 6.09 Å². The minimum absolute atomic E-state index is 0.331. The topological polar surface area (TPSA) is 98.6 Å². The molecular weight excluding hydrogens is 208 g/mol. The van der Waals surface area contributed by atoms with Crippen LogP contribution in [0.3, 0.4) is 0 Å². The molecule has 1 amide bonds. The molecule has 94 valence electrons. The van der Waals surface area contributed by atoms with Crippen LogP contribution in [0.1, 0.15) is 44.9 Å². The number of hydrogen-bond acceptors (Lipinski definition) is 4. The molecule has 2 atom stereocenters. The first-order valence-corrected chi connectivity index (χ1v) is 5.99. The molecule has 5 N–H and O–H groups in total. The van der Waals surface area contributed by atoms with Crippen LogP contribution in [0.4, 0.5) is 4.79 Å². The van der Waals surface area contributed by atoms with E-state index in [0.29, 0.717) is 18.8 Å². The molecule has 2 unspecified atom stereocenters. The zero-order valence-electron chi connectivity index (χ0n) is 9.60. The van der Waals surface area contributed by atoms with E-state index in [2.05, 4.69) is 4.74 Å². The van der Waals surface area contributed by atoms with Crippen LogP contribution in [0.15, 0.2) is 0 Å². The van der Waals surface area contributed by atoms with Gasteiger partial charge in [0.25, 0.3) is 0 Å². The van der Waals surface area contributed by atoms with Gasteiger partial charge in [-0.15, -0.1) is 0 Å². The Morgan fingerprint density at radius 3 is 2.50 bits per heavy atom. The largest absolute Gasteiger partial charge is 0.431 e. The smallest absolute Gasteiger partial charge is 0.406 e. The Balaban J connectivity index is 2.17. The van der Waals surface area contributed by atoms with E-state index in [0.717, 1.165) is 12.8 Å². The number of amides is 1. The average molecular weight is 230 g/mol. The van der Waals surface area contributed by atoms with Gasteiger partial charge in [-0.05, 0) is 25.2 Å². The molecule has 0 radical (unpaired) electrons. The van der Waals surface area contributed by atoms with Gasteiger partial charge in [-0.1, -0.05) is 19.3 Å². The molecule has 0 aromatic heterocycles. The fourth-order valence-corrected chi connectivity index (χ4v) is 2.30. The number of ether oxygens (including phenoxy) is 1. The molecule has 0 aliphatic heterocycles. The maximum atomic E-state index is 10.4. The van der Waals surface area contributed by atoms with Gasteiger partial charge in [0.15, 0.2) is 6.23 Å². The zero-order chi connectivity index (χ0) is 12.0. The van der Waals surface area contributed by atoms with Crippen molar-refractivity contribution in [3.05, 3.63) is 0 Å². The van der Waals surface area contributed by atoms with Crippen LogP contribution >= 0.6 is 0 Å². The molecule has 1 fully saturated rings. The van der Waals surface area contributed by atoms with E-state index < -0.39 is 12.3 Å². The van der Waals surface area contributed by atoms with Crippen LogP contribution in [0.5, 0.6) is 0 Å². The molecule has 0 bridgehead atoms. The molecule has 0 aromatic carbocycles. The summed E-state index contributed by atoms with van der Waals surface area (Å²) in [5.74, 6) is 0.384. The Labute approximate surface area is 96.1 Å². The van der Waals surface area contributed by atoms with Crippen LogP contribution in [-0.4, -0.2) is 23.5 Å². The van der Waals surface area contributed by atoms with E-state index >= 15 is 0 Å². The van der Waals surface area contributed by atoms with Crippen molar-refractivity contribution in [1.29, 1.82) is 0 Å². The fourth-order valence-electron chi connectivity index (χ4n) is 2.30. The summed E-state index contributed by atoms with van der Waals surface area (Å²) in [6.07, 6.45) is 4.99. The van der Waals surface area contributed by atoms with Crippen molar-refractivity contribution in [1.82, 2.24) is 0 Å². The highest BCUT2D eigenvalue weighted by Crippen LogP contribution is 2.28.